The molecule has 1 heterocycles. The van der Waals surface area contributed by atoms with Crippen LogP contribution in [-0.2, 0) is 9.59 Å². The lowest BCUT2D eigenvalue weighted by Gasteiger charge is -2.09. The van der Waals surface area contributed by atoms with E-state index in [4.69, 9.17) is 15.6 Å². The summed E-state index contributed by atoms with van der Waals surface area (Å²) in [4.78, 5) is 25.2. The molecule has 6 nitrogen and oxygen atoms in total. The highest BCUT2D eigenvalue weighted by Gasteiger charge is 2.38. The fourth-order valence-corrected chi connectivity index (χ4v) is 2.86. The van der Waals surface area contributed by atoms with Gasteiger partial charge in [0, 0.05) is 10.9 Å². The molecule has 2 rings (SSSR count). The molecule has 0 saturated heterocycles. The van der Waals surface area contributed by atoms with Crippen LogP contribution in [0.3, 0.4) is 0 Å². The minimum Gasteiger partial charge on any atom is -0.475 e. The van der Waals surface area contributed by atoms with Crippen molar-refractivity contribution in [2.24, 2.45) is 5.73 Å². The maximum atomic E-state index is 11.9. The Bertz CT molecular complexity index is 739. The Hall–Kier alpha value is -2.11. The van der Waals surface area contributed by atoms with E-state index in [-0.39, 0.29) is 5.91 Å². The van der Waals surface area contributed by atoms with Crippen molar-refractivity contribution in [3.63, 3.8) is 0 Å². The molecule has 11 heteroatoms. The van der Waals surface area contributed by atoms with Crippen LogP contribution in [0, 0.1) is 0 Å². The zero-order chi connectivity index (χ0) is 20.4. The summed E-state index contributed by atoms with van der Waals surface area (Å²) in [6.45, 7) is 0. The number of aliphatic carboxylic acids is 1. The summed E-state index contributed by atoms with van der Waals surface area (Å²) in [5.41, 5.74) is 7.72. The van der Waals surface area contributed by atoms with Crippen molar-refractivity contribution >= 4 is 40.1 Å². The lowest BCUT2D eigenvalue weighted by Crippen LogP contribution is -2.36. The van der Waals surface area contributed by atoms with Crippen molar-refractivity contribution in [2.75, 3.05) is 17.3 Å². The highest BCUT2D eigenvalue weighted by atomic mass is 32.2. The van der Waals surface area contributed by atoms with Gasteiger partial charge in [-0.2, -0.15) is 24.9 Å². The number of nitrogens with one attached hydrogen (secondary N) is 1. The predicted octanol–water partition coefficient (Wildman–Crippen LogP) is 3.46. The summed E-state index contributed by atoms with van der Waals surface area (Å²) in [5.74, 6) is -2.05. The summed E-state index contributed by atoms with van der Waals surface area (Å²) < 4.78 is 31.7. The Kier molecular flexibility index (Phi) is 9.26. The van der Waals surface area contributed by atoms with Gasteiger partial charge in [0.15, 0.2) is 5.13 Å². The van der Waals surface area contributed by atoms with Gasteiger partial charge in [-0.15, -0.1) is 11.3 Å². The molecular weight excluding hydrogens is 403 g/mol. The molecule has 0 spiro atoms. The number of halogens is 3. The topological polar surface area (TPSA) is 105 Å². The highest BCUT2D eigenvalue weighted by molar-refractivity contribution is 7.98. The molecule has 0 aliphatic rings. The average Bonchev–Trinajstić information content (AvgIpc) is 3.08. The molecule has 0 unspecified atom stereocenters. The standard InChI is InChI=1S/C14H17N3OS2.C2HF3O2/c1-19-8-7-11(15)13(18)17-14-16-12(9-20-14)10-5-3-2-4-6-10;3-2(4,5)1(6)7/h2-6,9,11H,7-8,15H2,1H3,(H,16,17,18);(H,6,7)/t11-;/m0./s1. The zero-order valence-corrected chi connectivity index (χ0v) is 15.8. The number of anilines is 1. The van der Waals surface area contributed by atoms with E-state index >= 15 is 0 Å². The van der Waals surface area contributed by atoms with Gasteiger partial charge in [-0.3, -0.25) is 4.79 Å². The molecule has 0 fully saturated rings. The molecule has 1 amide bonds. The molecule has 0 aliphatic carbocycles. The molecule has 0 saturated carbocycles. The van der Waals surface area contributed by atoms with Gasteiger partial charge in [0.25, 0.3) is 0 Å². The summed E-state index contributed by atoms with van der Waals surface area (Å²) in [6.07, 6.45) is -2.42. The number of carbonyl (C=O) groups excluding carboxylic acids is 1. The van der Waals surface area contributed by atoms with Crippen molar-refractivity contribution in [3.8, 4) is 11.3 Å². The van der Waals surface area contributed by atoms with Crippen molar-refractivity contribution in [2.45, 2.75) is 18.6 Å². The number of carboxylic acid groups (broad SMARTS) is 1. The van der Waals surface area contributed by atoms with E-state index in [0.717, 1.165) is 17.0 Å². The molecule has 27 heavy (non-hydrogen) atoms. The van der Waals surface area contributed by atoms with Crippen LogP contribution >= 0.6 is 23.1 Å². The molecule has 4 N–H and O–H groups in total. The van der Waals surface area contributed by atoms with Crippen LogP contribution in [0.1, 0.15) is 6.42 Å². The quantitative estimate of drug-likeness (QED) is 0.660. The smallest absolute Gasteiger partial charge is 0.475 e. The predicted molar refractivity (Wildman–Crippen MR) is 101 cm³/mol. The summed E-state index contributed by atoms with van der Waals surface area (Å²) in [5, 5.41) is 12.4. The van der Waals surface area contributed by atoms with Crippen LogP contribution in [0.5, 0.6) is 0 Å². The third kappa shape index (κ3) is 8.41. The van der Waals surface area contributed by atoms with Gasteiger partial charge >= 0.3 is 12.1 Å². The largest absolute Gasteiger partial charge is 0.490 e. The van der Waals surface area contributed by atoms with Crippen LogP contribution in [0.25, 0.3) is 11.3 Å². The average molecular weight is 421 g/mol. The van der Waals surface area contributed by atoms with Crippen LogP contribution < -0.4 is 11.1 Å². The zero-order valence-electron chi connectivity index (χ0n) is 14.2. The first kappa shape index (κ1) is 22.9. The van der Waals surface area contributed by atoms with Crippen LogP contribution in [-0.4, -0.2) is 46.2 Å². The minimum atomic E-state index is -5.08. The third-order valence-corrected chi connectivity index (χ3v) is 4.42. The molecule has 0 aliphatic heterocycles. The second kappa shape index (κ2) is 10.9. The van der Waals surface area contributed by atoms with Gasteiger partial charge < -0.3 is 16.2 Å². The van der Waals surface area contributed by atoms with Gasteiger partial charge in [0.1, 0.15) is 0 Å². The maximum absolute atomic E-state index is 11.9. The Labute approximate surface area is 162 Å². The van der Waals surface area contributed by atoms with Crippen molar-refractivity contribution < 1.29 is 27.9 Å². The van der Waals surface area contributed by atoms with Crippen molar-refractivity contribution in [3.05, 3.63) is 35.7 Å². The van der Waals surface area contributed by atoms with Gasteiger partial charge in [0.05, 0.1) is 11.7 Å². The number of thioether (sulfide) groups is 1. The van der Waals surface area contributed by atoms with E-state index in [1.54, 1.807) is 11.8 Å². The van der Waals surface area contributed by atoms with Crippen LogP contribution in [0.2, 0.25) is 0 Å². The van der Waals surface area contributed by atoms with Gasteiger partial charge in [-0.1, -0.05) is 30.3 Å². The number of rotatable bonds is 6. The van der Waals surface area contributed by atoms with E-state index in [0.29, 0.717) is 11.6 Å². The number of amides is 1. The SMILES string of the molecule is CSCC[C@H](N)C(=O)Nc1nc(-c2ccccc2)cs1.O=C(O)C(F)(F)F. The Morgan fingerprint density at radius 3 is 2.44 bits per heavy atom. The van der Waals surface area contributed by atoms with Crippen LogP contribution in [0.4, 0.5) is 18.3 Å². The fraction of sp³-hybridized carbons (Fsp3) is 0.312. The lowest BCUT2D eigenvalue weighted by molar-refractivity contribution is -0.192. The fourth-order valence-electron chi connectivity index (χ4n) is 1.65. The number of carbonyl (C=O) groups is 2. The molecule has 0 bridgehead atoms. The van der Waals surface area contributed by atoms with Gasteiger partial charge in [-0.05, 0) is 18.4 Å². The number of hydrogen-bond donors (Lipinski definition) is 3. The Morgan fingerprint density at radius 2 is 1.93 bits per heavy atom. The number of benzene rings is 1. The number of nitrogens with zero attached hydrogens (tertiary/aromatic N) is 1. The number of hydrogen-bond acceptors (Lipinski definition) is 6. The second-order valence-electron chi connectivity index (χ2n) is 5.08. The lowest BCUT2D eigenvalue weighted by atomic mass is 10.2. The van der Waals surface area contributed by atoms with E-state index in [2.05, 4.69) is 10.3 Å². The molecule has 0 radical (unpaired) electrons. The van der Waals surface area contributed by atoms with E-state index in [1.807, 2.05) is 42.0 Å². The summed E-state index contributed by atoms with van der Waals surface area (Å²) in [7, 11) is 0. The minimum absolute atomic E-state index is 0.173. The third-order valence-electron chi connectivity index (χ3n) is 3.02. The number of aromatic nitrogens is 1. The molecule has 2 aromatic rings. The van der Waals surface area contributed by atoms with Crippen LogP contribution in [0.15, 0.2) is 35.7 Å². The van der Waals surface area contributed by atoms with E-state index in [1.165, 1.54) is 11.3 Å². The monoisotopic (exact) mass is 421 g/mol. The molecule has 148 valence electrons. The van der Waals surface area contributed by atoms with Crippen molar-refractivity contribution in [1.29, 1.82) is 0 Å². The first-order chi connectivity index (χ1) is 12.6. The maximum Gasteiger partial charge on any atom is 0.490 e. The summed E-state index contributed by atoms with van der Waals surface area (Å²) in [6, 6.07) is 9.39. The number of carboxylic acids is 1. The van der Waals surface area contributed by atoms with E-state index in [9.17, 15) is 18.0 Å². The molecule has 1 aromatic carbocycles. The molecular formula is C16H18F3N3O3S2. The van der Waals surface area contributed by atoms with Gasteiger partial charge in [-0.25, -0.2) is 9.78 Å². The molecule has 1 aromatic heterocycles. The first-order valence-corrected chi connectivity index (χ1v) is 9.79. The highest BCUT2D eigenvalue weighted by Crippen LogP contribution is 2.24. The molecule has 1 atom stereocenters. The van der Waals surface area contributed by atoms with Gasteiger partial charge in [0.2, 0.25) is 5.91 Å². The number of nitrogens with two attached hydrogens (primary N) is 1. The Balaban J connectivity index is 0.000000445. The first-order valence-electron chi connectivity index (χ1n) is 7.51. The van der Waals surface area contributed by atoms with Crippen molar-refractivity contribution in [1.82, 2.24) is 4.98 Å². The Morgan fingerprint density at radius 1 is 1.33 bits per heavy atom. The summed E-state index contributed by atoms with van der Waals surface area (Å²) >= 11 is 3.09. The number of alkyl halides is 3. The van der Waals surface area contributed by atoms with E-state index < -0.39 is 18.2 Å². The number of thiazole rings is 1. The normalized spacial score (nSPS) is 11.9. The second-order valence-corrected chi connectivity index (χ2v) is 6.93.